The molecule has 3 nitrogen and oxygen atoms in total. The van der Waals surface area contributed by atoms with Gasteiger partial charge in [-0.05, 0) is 39.0 Å². The lowest BCUT2D eigenvalue weighted by Gasteiger charge is -2.17. The maximum atomic E-state index is 11.2. The van der Waals surface area contributed by atoms with Gasteiger partial charge < -0.3 is 9.53 Å². The van der Waals surface area contributed by atoms with E-state index < -0.39 is 0 Å². The monoisotopic (exact) mass is 340 g/mol. The highest BCUT2D eigenvalue weighted by atomic mass is 16.5. The van der Waals surface area contributed by atoms with E-state index in [0.717, 1.165) is 32.1 Å². The Balaban J connectivity index is 3.66. The molecular formula is C21H40O3. The van der Waals surface area contributed by atoms with Crippen LogP contribution in [0.5, 0.6) is 0 Å². The number of carbonyl (C=O) groups excluding carboxylic acids is 2. The van der Waals surface area contributed by atoms with Crippen LogP contribution in [0.15, 0.2) is 0 Å². The van der Waals surface area contributed by atoms with Crippen molar-refractivity contribution in [3.05, 3.63) is 0 Å². The van der Waals surface area contributed by atoms with Crippen LogP contribution < -0.4 is 0 Å². The van der Waals surface area contributed by atoms with E-state index in [2.05, 4.69) is 6.92 Å². The average Bonchev–Trinajstić information content (AvgIpc) is 2.52. The van der Waals surface area contributed by atoms with Gasteiger partial charge in [0.15, 0.2) is 0 Å². The first-order valence-corrected chi connectivity index (χ1v) is 10.2. The van der Waals surface area contributed by atoms with Gasteiger partial charge in [-0.1, -0.05) is 64.7 Å². The zero-order chi connectivity index (χ0) is 18.0. The second kappa shape index (κ2) is 17.0. The van der Waals surface area contributed by atoms with Crippen LogP contribution in [0.25, 0.3) is 0 Å². The Morgan fingerprint density at radius 1 is 0.708 bits per heavy atom. The summed E-state index contributed by atoms with van der Waals surface area (Å²) in [5.74, 6) is 0.143. The Kier molecular flexibility index (Phi) is 16.4. The summed E-state index contributed by atoms with van der Waals surface area (Å²) in [5, 5.41) is 0. The maximum Gasteiger partial charge on any atom is 0.302 e. The van der Waals surface area contributed by atoms with Crippen molar-refractivity contribution in [3.63, 3.8) is 0 Å². The number of esters is 1. The van der Waals surface area contributed by atoms with Crippen LogP contribution in [0.3, 0.4) is 0 Å². The van der Waals surface area contributed by atoms with E-state index in [4.69, 9.17) is 4.74 Å². The van der Waals surface area contributed by atoms with E-state index in [0.29, 0.717) is 12.2 Å². The zero-order valence-electron chi connectivity index (χ0n) is 16.4. The molecule has 0 N–H and O–H groups in total. The van der Waals surface area contributed by atoms with Crippen LogP contribution >= 0.6 is 0 Å². The molecule has 1 unspecified atom stereocenters. The Hall–Kier alpha value is -0.860. The molecule has 0 aliphatic rings. The number of ketones is 1. The molecule has 0 aromatic heterocycles. The van der Waals surface area contributed by atoms with Crippen molar-refractivity contribution in [2.24, 2.45) is 0 Å². The first kappa shape index (κ1) is 23.1. The number of unbranched alkanes of at least 4 members (excludes halogenated alkanes) is 10. The van der Waals surface area contributed by atoms with Crippen LogP contribution in [0.1, 0.15) is 117 Å². The van der Waals surface area contributed by atoms with Gasteiger partial charge >= 0.3 is 5.97 Å². The summed E-state index contributed by atoms with van der Waals surface area (Å²) in [6.45, 7) is 5.42. The van der Waals surface area contributed by atoms with E-state index in [9.17, 15) is 9.59 Å². The van der Waals surface area contributed by atoms with Crippen molar-refractivity contribution in [3.8, 4) is 0 Å². The third-order valence-corrected chi connectivity index (χ3v) is 4.52. The van der Waals surface area contributed by atoms with E-state index in [1.54, 1.807) is 6.92 Å². The average molecular weight is 341 g/mol. The van der Waals surface area contributed by atoms with Crippen molar-refractivity contribution < 1.29 is 14.3 Å². The molecule has 0 saturated carbocycles. The molecule has 3 heteroatoms. The van der Waals surface area contributed by atoms with Gasteiger partial charge in [-0.2, -0.15) is 0 Å². The molecule has 0 heterocycles. The lowest BCUT2D eigenvalue weighted by molar-refractivity contribution is -0.147. The van der Waals surface area contributed by atoms with E-state index >= 15 is 0 Å². The van der Waals surface area contributed by atoms with E-state index in [1.165, 1.54) is 64.7 Å². The van der Waals surface area contributed by atoms with Crippen LogP contribution in [0.4, 0.5) is 0 Å². The highest BCUT2D eigenvalue weighted by Crippen LogP contribution is 2.17. The summed E-state index contributed by atoms with van der Waals surface area (Å²) >= 11 is 0. The molecule has 0 radical (unpaired) electrons. The summed E-state index contributed by atoms with van der Waals surface area (Å²) < 4.78 is 5.47. The molecule has 24 heavy (non-hydrogen) atoms. The lowest BCUT2D eigenvalue weighted by atomic mass is 10.0. The molecule has 1 atom stereocenters. The van der Waals surface area contributed by atoms with Crippen molar-refractivity contribution in [2.45, 2.75) is 123 Å². The van der Waals surface area contributed by atoms with Gasteiger partial charge in [0.2, 0.25) is 0 Å². The summed E-state index contributed by atoms with van der Waals surface area (Å²) in [5.41, 5.74) is 0. The second-order valence-electron chi connectivity index (χ2n) is 7.15. The minimum Gasteiger partial charge on any atom is -0.463 e. The van der Waals surface area contributed by atoms with Gasteiger partial charge in [-0.25, -0.2) is 0 Å². The molecule has 142 valence electrons. The van der Waals surface area contributed by atoms with Crippen molar-refractivity contribution in [1.82, 2.24) is 0 Å². The fourth-order valence-corrected chi connectivity index (χ4v) is 3.10. The fraction of sp³-hybridized carbons (Fsp3) is 0.905. The number of rotatable bonds is 17. The lowest BCUT2D eigenvalue weighted by Crippen LogP contribution is -2.16. The first-order valence-electron chi connectivity index (χ1n) is 10.2. The largest absolute Gasteiger partial charge is 0.463 e. The smallest absolute Gasteiger partial charge is 0.302 e. The third-order valence-electron chi connectivity index (χ3n) is 4.52. The molecule has 0 spiro atoms. The Morgan fingerprint density at radius 3 is 1.62 bits per heavy atom. The summed E-state index contributed by atoms with van der Waals surface area (Å²) in [6.07, 6.45) is 17.5. The minimum atomic E-state index is -0.149. The van der Waals surface area contributed by atoms with Gasteiger partial charge in [0.25, 0.3) is 0 Å². The first-order chi connectivity index (χ1) is 11.6. The Labute approximate surface area is 149 Å². The quantitative estimate of drug-likeness (QED) is 0.228. The number of ether oxygens (including phenoxy) is 1. The molecule has 0 bridgehead atoms. The highest BCUT2D eigenvalue weighted by Gasteiger charge is 2.11. The summed E-state index contributed by atoms with van der Waals surface area (Å²) in [6, 6.07) is 0. The third kappa shape index (κ3) is 17.5. The molecule has 0 amide bonds. The molecule has 0 aliphatic carbocycles. The summed E-state index contributed by atoms with van der Waals surface area (Å²) in [4.78, 5) is 22.1. The molecule has 0 aromatic carbocycles. The SMILES string of the molecule is CCCCCCCCCC(CCCCCCCC(C)=O)OC(C)=O. The van der Waals surface area contributed by atoms with Gasteiger partial charge in [0.05, 0.1) is 0 Å². The van der Waals surface area contributed by atoms with Gasteiger partial charge in [0, 0.05) is 13.3 Å². The molecule has 0 saturated heterocycles. The normalized spacial score (nSPS) is 12.1. The van der Waals surface area contributed by atoms with Crippen LogP contribution in [0, 0.1) is 0 Å². The number of hydrogen-bond donors (Lipinski definition) is 0. The molecule has 0 fully saturated rings. The number of carbonyl (C=O) groups is 2. The predicted octanol–water partition coefficient (Wildman–Crippen LogP) is 6.38. The molecule has 0 rings (SSSR count). The predicted molar refractivity (Wildman–Crippen MR) is 101 cm³/mol. The Morgan fingerprint density at radius 2 is 1.17 bits per heavy atom. The molecule has 0 aromatic rings. The molecular weight excluding hydrogens is 300 g/mol. The number of hydrogen-bond acceptors (Lipinski definition) is 3. The fourth-order valence-electron chi connectivity index (χ4n) is 3.10. The van der Waals surface area contributed by atoms with Gasteiger partial charge in [-0.3, -0.25) is 4.79 Å². The van der Waals surface area contributed by atoms with E-state index in [-0.39, 0.29) is 12.1 Å². The Bertz CT molecular complexity index is 312. The zero-order valence-corrected chi connectivity index (χ0v) is 16.4. The maximum absolute atomic E-state index is 11.2. The standard InChI is InChI=1S/C21H40O3/c1-4-5-6-7-8-11-14-17-21(24-20(3)23)18-15-12-9-10-13-16-19(2)22/h21H,4-18H2,1-3H3. The van der Waals surface area contributed by atoms with Crippen LogP contribution in [0.2, 0.25) is 0 Å². The van der Waals surface area contributed by atoms with Crippen molar-refractivity contribution in [2.75, 3.05) is 0 Å². The molecule has 0 aliphatic heterocycles. The van der Waals surface area contributed by atoms with Crippen molar-refractivity contribution >= 4 is 11.8 Å². The highest BCUT2D eigenvalue weighted by molar-refractivity contribution is 5.75. The van der Waals surface area contributed by atoms with Crippen LogP contribution in [-0.2, 0) is 14.3 Å². The van der Waals surface area contributed by atoms with Gasteiger partial charge in [-0.15, -0.1) is 0 Å². The minimum absolute atomic E-state index is 0.107. The van der Waals surface area contributed by atoms with Crippen LogP contribution in [-0.4, -0.2) is 17.9 Å². The van der Waals surface area contributed by atoms with E-state index in [1.807, 2.05) is 0 Å². The second-order valence-corrected chi connectivity index (χ2v) is 7.15. The number of Topliss-reactive ketones (excluding diaryl/α,β-unsaturated/α-hetero) is 1. The van der Waals surface area contributed by atoms with Gasteiger partial charge in [0.1, 0.15) is 11.9 Å². The van der Waals surface area contributed by atoms with Crippen molar-refractivity contribution in [1.29, 1.82) is 0 Å². The summed E-state index contributed by atoms with van der Waals surface area (Å²) in [7, 11) is 0. The topological polar surface area (TPSA) is 43.4 Å².